The molecule has 3 heterocycles. The highest BCUT2D eigenvalue weighted by molar-refractivity contribution is 6.30. The topological polar surface area (TPSA) is 94.6 Å². The van der Waals surface area contributed by atoms with Gasteiger partial charge in [-0.05, 0) is 18.2 Å². The van der Waals surface area contributed by atoms with Crippen LogP contribution in [0.2, 0.25) is 5.15 Å². The van der Waals surface area contributed by atoms with Gasteiger partial charge in [0.1, 0.15) is 28.6 Å². The lowest BCUT2D eigenvalue weighted by atomic mass is 10.2. The molecule has 110 valence electrons. The van der Waals surface area contributed by atoms with Gasteiger partial charge in [-0.15, -0.1) is 0 Å². The number of epoxide rings is 1. The summed E-state index contributed by atoms with van der Waals surface area (Å²) in [5.74, 6) is 0.0580. The Balaban J connectivity index is 1.66. The summed E-state index contributed by atoms with van der Waals surface area (Å²) in [5.41, 5.74) is 1.91. The third-order valence-electron chi connectivity index (χ3n) is 3.39. The minimum Gasteiger partial charge on any atom is -0.403 e. The number of furan rings is 1. The average molecular weight is 318 g/mol. The summed E-state index contributed by atoms with van der Waals surface area (Å²) in [6.07, 6.45) is -0.836. The SMILES string of the molecule is O=[N+]([O-])c1ccc([C@@H]2O[C@H]2c2nc3ccccc3nc2Cl)o1. The summed E-state index contributed by atoms with van der Waals surface area (Å²) in [7, 11) is 0. The van der Waals surface area contributed by atoms with E-state index in [-0.39, 0.29) is 11.0 Å². The maximum atomic E-state index is 10.6. The first-order valence-corrected chi connectivity index (χ1v) is 6.83. The zero-order chi connectivity index (χ0) is 15.3. The van der Waals surface area contributed by atoms with Gasteiger partial charge in [0.2, 0.25) is 0 Å². The first kappa shape index (κ1) is 13.2. The monoisotopic (exact) mass is 317 g/mol. The van der Waals surface area contributed by atoms with E-state index in [4.69, 9.17) is 20.8 Å². The van der Waals surface area contributed by atoms with Crippen LogP contribution in [0.1, 0.15) is 23.7 Å². The zero-order valence-corrected chi connectivity index (χ0v) is 11.7. The number of halogens is 1. The second-order valence-corrected chi connectivity index (χ2v) is 5.16. The van der Waals surface area contributed by atoms with E-state index in [1.807, 2.05) is 24.3 Å². The Bertz CT molecular complexity index is 895. The molecule has 0 radical (unpaired) electrons. The third kappa shape index (κ3) is 2.11. The predicted molar refractivity (Wildman–Crippen MR) is 76.5 cm³/mol. The number of hydrogen-bond donors (Lipinski definition) is 0. The van der Waals surface area contributed by atoms with Crippen molar-refractivity contribution in [3.63, 3.8) is 0 Å². The molecule has 22 heavy (non-hydrogen) atoms. The van der Waals surface area contributed by atoms with Gasteiger partial charge in [0.15, 0.2) is 5.15 Å². The van der Waals surface area contributed by atoms with Crippen LogP contribution in [0.15, 0.2) is 40.8 Å². The first-order chi connectivity index (χ1) is 10.6. The number of rotatable bonds is 3. The molecule has 2 atom stereocenters. The minimum atomic E-state index is -0.594. The summed E-state index contributed by atoms with van der Waals surface area (Å²) in [4.78, 5) is 18.8. The van der Waals surface area contributed by atoms with Crippen LogP contribution in [-0.2, 0) is 4.74 Å². The van der Waals surface area contributed by atoms with Gasteiger partial charge in [-0.2, -0.15) is 0 Å². The molecule has 4 rings (SSSR count). The quantitative estimate of drug-likeness (QED) is 0.416. The van der Waals surface area contributed by atoms with Gasteiger partial charge >= 0.3 is 5.88 Å². The van der Waals surface area contributed by atoms with E-state index in [1.54, 1.807) is 0 Å². The summed E-state index contributed by atoms with van der Waals surface area (Å²) < 4.78 is 10.6. The normalized spacial score (nSPS) is 20.2. The number of nitrogens with zero attached hydrogens (tertiary/aromatic N) is 3. The molecule has 0 aliphatic carbocycles. The van der Waals surface area contributed by atoms with Crippen LogP contribution < -0.4 is 0 Å². The molecular formula is C14H8ClN3O4. The second kappa shape index (κ2) is 4.75. The third-order valence-corrected chi connectivity index (χ3v) is 3.66. The van der Waals surface area contributed by atoms with Crippen molar-refractivity contribution in [1.82, 2.24) is 9.97 Å². The van der Waals surface area contributed by atoms with Gasteiger partial charge in [-0.25, -0.2) is 9.97 Å². The van der Waals surface area contributed by atoms with E-state index in [2.05, 4.69) is 9.97 Å². The Kier molecular flexibility index (Phi) is 2.85. The fourth-order valence-electron chi connectivity index (χ4n) is 2.30. The largest absolute Gasteiger partial charge is 0.433 e. The number of benzene rings is 1. The number of ether oxygens (including phenoxy) is 1. The van der Waals surface area contributed by atoms with Crippen molar-refractivity contribution in [3.05, 3.63) is 63.1 Å². The van der Waals surface area contributed by atoms with E-state index in [9.17, 15) is 10.1 Å². The van der Waals surface area contributed by atoms with Crippen LogP contribution in [-0.4, -0.2) is 14.9 Å². The van der Waals surface area contributed by atoms with Crippen LogP contribution in [0.3, 0.4) is 0 Å². The highest BCUT2D eigenvalue weighted by Gasteiger charge is 2.47. The fraction of sp³-hybridized carbons (Fsp3) is 0.143. The van der Waals surface area contributed by atoms with Crippen molar-refractivity contribution in [2.75, 3.05) is 0 Å². The summed E-state index contributed by atoms with van der Waals surface area (Å²) in [6.45, 7) is 0. The Morgan fingerprint density at radius 2 is 1.82 bits per heavy atom. The molecule has 1 aliphatic rings. The molecule has 7 nitrogen and oxygen atoms in total. The number of aromatic nitrogens is 2. The van der Waals surface area contributed by atoms with Crippen LogP contribution in [0, 0.1) is 10.1 Å². The van der Waals surface area contributed by atoms with Crippen LogP contribution in [0.5, 0.6) is 0 Å². The molecule has 1 saturated heterocycles. The van der Waals surface area contributed by atoms with Gasteiger partial charge < -0.3 is 9.15 Å². The van der Waals surface area contributed by atoms with Crippen LogP contribution in [0.25, 0.3) is 11.0 Å². The predicted octanol–water partition coefficient (Wildman–Crippen LogP) is 3.60. The van der Waals surface area contributed by atoms with Crippen molar-refractivity contribution in [1.29, 1.82) is 0 Å². The Hall–Kier alpha value is -2.51. The lowest BCUT2D eigenvalue weighted by Crippen LogP contribution is -1.94. The maximum Gasteiger partial charge on any atom is 0.433 e. The second-order valence-electron chi connectivity index (χ2n) is 4.80. The van der Waals surface area contributed by atoms with E-state index in [0.717, 1.165) is 0 Å². The molecule has 1 fully saturated rings. The van der Waals surface area contributed by atoms with E-state index >= 15 is 0 Å². The molecule has 0 amide bonds. The maximum absolute atomic E-state index is 10.6. The molecule has 2 aromatic heterocycles. The lowest BCUT2D eigenvalue weighted by Gasteiger charge is -2.02. The summed E-state index contributed by atoms with van der Waals surface area (Å²) >= 11 is 6.15. The van der Waals surface area contributed by atoms with E-state index in [0.29, 0.717) is 22.5 Å². The number of para-hydroxylation sites is 2. The lowest BCUT2D eigenvalue weighted by molar-refractivity contribution is -0.402. The van der Waals surface area contributed by atoms with Crippen molar-refractivity contribution in [2.45, 2.75) is 12.2 Å². The molecule has 0 unspecified atom stereocenters. The van der Waals surface area contributed by atoms with Gasteiger partial charge in [-0.3, -0.25) is 10.1 Å². The van der Waals surface area contributed by atoms with E-state index in [1.165, 1.54) is 12.1 Å². The van der Waals surface area contributed by atoms with Crippen molar-refractivity contribution in [3.8, 4) is 0 Å². The molecule has 0 spiro atoms. The van der Waals surface area contributed by atoms with Crippen LogP contribution >= 0.6 is 11.6 Å². The van der Waals surface area contributed by atoms with Crippen molar-refractivity contribution in [2.24, 2.45) is 0 Å². The molecule has 0 bridgehead atoms. The van der Waals surface area contributed by atoms with Crippen LogP contribution in [0.4, 0.5) is 5.88 Å². The molecular weight excluding hydrogens is 310 g/mol. The highest BCUT2D eigenvalue weighted by Crippen LogP contribution is 2.52. The number of hydrogen-bond acceptors (Lipinski definition) is 6. The Labute approximate surface area is 128 Å². The highest BCUT2D eigenvalue weighted by atomic mass is 35.5. The standard InChI is InChI=1S/C14H8ClN3O4/c15-14-11(16-7-3-1-2-4-8(7)17-14)13-12(22-13)9-5-6-10(21-9)18(19)20/h1-6,12-13H/t12-,13-/m0/s1. The molecule has 1 aromatic carbocycles. The smallest absolute Gasteiger partial charge is 0.403 e. The summed E-state index contributed by atoms with van der Waals surface area (Å²) in [6, 6.07) is 10.2. The summed E-state index contributed by atoms with van der Waals surface area (Å²) in [5, 5.41) is 10.9. The van der Waals surface area contributed by atoms with Crippen molar-refractivity contribution >= 4 is 28.5 Å². The van der Waals surface area contributed by atoms with Crippen molar-refractivity contribution < 1.29 is 14.1 Å². The molecule has 3 aromatic rings. The van der Waals surface area contributed by atoms with E-state index < -0.39 is 17.1 Å². The Morgan fingerprint density at radius 3 is 2.50 bits per heavy atom. The van der Waals surface area contributed by atoms with Gasteiger partial charge in [0.05, 0.1) is 17.1 Å². The number of fused-ring (bicyclic) bond motifs is 1. The van der Waals surface area contributed by atoms with Gasteiger partial charge in [-0.1, -0.05) is 23.7 Å². The molecule has 0 N–H and O–H groups in total. The fourth-order valence-corrected chi connectivity index (χ4v) is 2.54. The minimum absolute atomic E-state index is 0.257. The van der Waals surface area contributed by atoms with Gasteiger partial charge in [0, 0.05) is 0 Å². The molecule has 0 saturated carbocycles. The number of nitro groups is 1. The average Bonchev–Trinajstić information content (AvgIpc) is 3.13. The molecule has 8 heteroatoms. The first-order valence-electron chi connectivity index (χ1n) is 6.45. The zero-order valence-electron chi connectivity index (χ0n) is 11.0. The Morgan fingerprint density at radius 1 is 1.09 bits per heavy atom. The molecule has 1 aliphatic heterocycles. The van der Waals surface area contributed by atoms with Gasteiger partial charge in [0.25, 0.3) is 0 Å².